The maximum absolute atomic E-state index is 9.75. The molecule has 4 nitrogen and oxygen atoms in total. The third-order valence-corrected chi connectivity index (χ3v) is 0.450. The van der Waals surface area contributed by atoms with Gasteiger partial charge < -0.3 is 10.5 Å². The van der Waals surface area contributed by atoms with Gasteiger partial charge in [-0.2, -0.15) is 0 Å². The first-order valence-corrected chi connectivity index (χ1v) is 3.80. The Kier molecular flexibility index (Phi) is 22.9. The molecule has 0 rings (SSSR count). The number of carbonyl (C=O) groups excluding carboxylic acids is 2. The van der Waals surface area contributed by atoms with Crippen LogP contribution in [0, 0.1) is 0 Å². The molecule has 0 fully saturated rings. The largest absolute Gasteiger partial charge is 0.435 e. The second kappa shape index (κ2) is 17.5. The van der Waals surface area contributed by atoms with E-state index in [1.807, 2.05) is 0 Å². The smallest absolute Gasteiger partial charge is 0.307 e. The van der Waals surface area contributed by atoms with Crippen molar-refractivity contribution in [2.24, 2.45) is 5.73 Å². The van der Waals surface area contributed by atoms with E-state index in [9.17, 15) is 9.59 Å². The molecule has 0 aliphatic rings. The van der Waals surface area contributed by atoms with Crippen LogP contribution in [0.4, 0.5) is 0 Å². The summed E-state index contributed by atoms with van der Waals surface area (Å²) in [6, 6.07) is 0. The predicted molar refractivity (Wildman–Crippen MR) is 57.4 cm³/mol. The molecule has 0 atom stereocenters. The predicted octanol–water partition coefficient (Wildman–Crippen LogP) is 1.72. The van der Waals surface area contributed by atoms with Gasteiger partial charge in [0, 0.05) is 6.92 Å². The summed E-state index contributed by atoms with van der Waals surface area (Å²) in [6.07, 6.45) is 2.16. The normalized spacial score (nSPS) is 6.14. The highest BCUT2D eigenvalue weighted by atomic mass is 35.5. The summed E-state index contributed by atoms with van der Waals surface area (Å²) in [4.78, 5) is 19.2. The zero-order chi connectivity index (χ0) is 12.0. The van der Waals surface area contributed by atoms with Gasteiger partial charge in [0.05, 0.1) is 6.26 Å². The van der Waals surface area contributed by atoms with Gasteiger partial charge in [0.15, 0.2) is 0 Å². The Morgan fingerprint density at radius 2 is 1.64 bits per heavy atom. The lowest BCUT2D eigenvalue weighted by molar-refractivity contribution is -0.135. The van der Waals surface area contributed by atoms with Crippen LogP contribution in [-0.2, 0) is 14.3 Å². The van der Waals surface area contributed by atoms with Crippen molar-refractivity contribution < 1.29 is 14.3 Å². The monoisotopic (exact) mass is 219 g/mol. The molecular weight excluding hydrogens is 206 g/mol. The van der Waals surface area contributed by atoms with Crippen molar-refractivity contribution in [1.82, 2.24) is 0 Å². The Balaban J connectivity index is -0.000000138. The van der Waals surface area contributed by atoms with Gasteiger partial charge in [-0.25, -0.2) is 0 Å². The van der Waals surface area contributed by atoms with E-state index in [1.165, 1.54) is 12.5 Å². The fourth-order valence-electron chi connectivity index (χ4n) is 0.117. The van der Waals surface area contributed by atoms with Crippen LogP contribution in [0.5, 0.6) is 0 Å². The van der Waals surface area contributed by atoms with E-state index in [4.69, 9.17) is 11.6 Å². The Bertz CT molecular complexity index is 202. The maximum Gasteiger partial charge on any atom is 0.307 e. The summed E-state index contributed by atoms with van der Waals surface area (Å²) in [5.74, 6) is -0.810. The molecule has 0 saturated carbocycles. The highest BCUT2D eigenvalue weighted by Gasteiger charge is 1.79. The molecule has 0 aromatic carbocycles. The van der Waals surface area contributed by atoms with Gasteiger partial charge in [-0.1, -0.05) is 31.3 Å². The first kappa shape index (κ1) is 18.3. The fraction of sp³-hybridized carbons (Fsp3) is 0.111. The summed E-state index contributed by atoms with van der Waals surface area (Å²) < 4.78 is 4.17. The molecule has 0 saturated heterocycles. The zero-order valence-corrected chi connectivity index (χ0v) is 8.79. The van der Waals surface area contributed by atoms with E-state index in [2.05, 4.69) is 30.2 Å². The second-order valence-electron chi connectivity index (χ2n) is 1.54. The van der Waals surface area contributed by atoms with Crippen LogP contribution in [0.3, 0.4) is 0 Å². The van der Waals surface area contributed by atoms with Crippen LogP contribution in [0.2, 0.25) is 0 Å². The van der Waals surface area contributed by atoms with Crippen LogP contribution in [0.15, 0.2) is 37.6 Å². The molecule has 5 heteroatoms. The number of ether oxygens (including phenoxy) is 1. The molecule has 2 N–H and O–H groups in total. The van der Waals surface area contributed by atoms with Crippen LogP contribution in [-0.4, -0.2) is 11.9 Å². The number of esters is 1. The van der Waals surface area contributed by atoms with Crippen molar-refractivity contribution in [2.75, 3.05) is 0 Å². The molecule has 80 valence electrons. The number of hydrogen-bond donors (Lipinski definition) is 1. The van der Waals surface area contributed by atoms with Crippen molar-refractivity contribution in [3.05, 3.63) is 37.6 Å². The minimum absolute atomic E-state index is 0.329. The van der Waals surface area contributed by atoms with Gasteiger partial charge >= 0.3 is 5.97 Å². The first-order chi connectivity index (χ1) is 6.45. The fourth-order valence-corrected chi connectivity index (χ4v) is 0.117. The standard InChI is InChI=1S/C4H6O2.C3H5NO.C2H3Cl/c1-3-6-4(2)5;1-2-3(4)5;1-2-3/h3H,1H2,2H3;2H,1H2,(H2,4,5);2H,1H2. The summed E-state index contributed by atoms with van der Waals surface area (Å²) in [5.41, 5.74) is 5.76. The summed E-state index contributed by atoms with van der Waals surface area (Å²) in [7, 11) is 0. The van der Waals surface area contributed by atoms with Crippen LogP contribution < -0.4 is 5.73 Å². The SMILES string of the molecule is C=CC(N)=O.C=CCl.C=COC(C)=O. The molecule has 0 radical (unpaired) electrons. The lowest BCUT2D eigenvalue weighted by atomic mass is 10.6. The molecule has 0 aliphatic carbocycles. The number of hydrogen-bond acceptors (Lipinski definition) is 3. The van der Waals surface area contributed by atoms with Crippen molar-refractivity contribution >= 4 is 23.5 Å². The number of rotatable bonds is 2. The van der Waals surface area contributed by atoms with Gasteiger partial charge in [0.25, 0.3) is 0 Å². The van der Waals surface area contributed by atoms with Gasteiger partial charge in [-0.3, -0.25) is 9.59 Å². The summed E-state index contributed by atoms with van der Waals surface area (Å²) >= 11 is 4.76. The summed E-state index contributed by atoms with van der Waals surface area (Å²) in [6.45, 7) is 10.7. The molecule has 0 aromatic heterocycles. The highest BCUT2D eigenvalue weighted by Crippen LogP contribution is 1.70. The van der Waals surface area contributed by atoms with Crippen molar-refractivity contribution in [1.29, 1.82) is 0 Å². The molecule has 0 unspecified atom stereocenters. The molecule has 0 heterocycles. The first-order valence-electron chi connectivity index (χ1n) is 3.37. The van der Waals surface area contributed by atoms with Gasteiger partial charge in [-0.15, -0.1) is 0 Å². The van der Waals surface area contributed by atoms with Crippen molar-refractivity contribution in [2.45, 2.75) is 6.92 Å². The van der Waals surface area contributed by atoms with Gasteiger partial charge in [-0.05, 0) is 11.6 Å². The molecule has 1 amide bonds. The number of nitrogens with two attached hydrogens (primary N) is 1. The van der Waals surface area contributed by atoms with E-state index >= 15 is 0 Å². The average molecular weight is 220 g/mol. The number of primary amides is 1. The Morgan fingerprint density at radius 1 is 1.36 bits per heavy atom. The van der Waals surface area contributed by atoms with Crippen molar-refractivity contribution in [3.63, 3.8) is 0 Å². The third-order valence-electron chi connectivity index (χ3n) is 0.450. The second-order valence-corrected chi connectivity index (χ2v) is 1.85. The lowest BCUT2D eigenvalue weighted by Gasteiger charge is -1.83. The Labute approximate surface area is 88.7 Å². The van der Waals surface area contributed by atoms with Crippen LogP contribution in [0.1, 0.15) is 6.92 Å². The molecule has 0 aliphatic heterocycles. The topological polar surface area (TPSA) is 69.4 Å². The van der Waals surface area contributed by atoms with Gasteiger partial charge in [0.2, 0.25) is 5.91 Å². The van der Waals surface area contributed by atoms with E-state index in [1.54, 1.807) is 0 Å². The van der Waals surface area contributed by atoms with E-state index in [0.717, 1.165) is 12.3 Å². The minimum Gasteiger partial charge on any atom is -0.435 e. The third kappa shape index (κ3) is 78.4. The van der Waals surface area contributed by atoms with Gasteiger partial charge in [0.1, 0.15) is 0 Å². The quantitative estimate of drug-likeness (QED) is 0.437. The van der Waals surface area contributed by atoms with E-state index in [-0.39, 0.29) is 5.97 Å². The molecule has 14 heavy (non-hydrogen) atoms. The van der Waals surface area contributed by atoms with Crippen molar-refractivity contribution in [3.8, 4) is 0 Å². The zero-order valence-electron chi connectivity index (χ0n) is 8.03. The molecule has 0 bridgehead atoms. The number of amides is 1. The van der Waals surface area contributed by atoms with Crippen LogP contribution >= 0.6 is 11.6 Å². The number of carbonyl (C=O) groups is 2. The van der Waals surface area contributed by atoms with E-state index < -0.39 is 5.91 Å². The minimum atomic E-state index is -0.481. The molecular formula is C9H14ClNO3. The maximum atomic E-state index is 9.75. The van der Waals surface area contributed by atoms with Crippen LogP contribution in [0.25, 0.3) is 0 Å². The highest BCUT2D eigenvalue weighted by molar-refractivity contribution is 6.25. The Morgan fingerprint density at radius 3 is 1.64 bits per heavy atom. The van der Waals surface area contributed by atoms with E-state index in [0.29, 0.717) is 0 Å². The number of halogens is 1. The average Bonchev–Trinajstić information content (AvgIpc) is 2.06. The molecule has 0 spiro atoms. The summed E-state index contributed by atoms with van der Waals surface area (Å²) in [5, 5.41) is 0. The lowest BCUT2D eigenvalue weighted by Crippen LogP contribution is -2.04. The molecule has 0 aromatic rings. The Hall–Kier alpha value is -1.55.